The van der Waals surface area contributed by atoms with Crippen LogP contribution in [-0.2, 0) is 95.7 Å². The summed E-state index contributed by atoms with van der Waals surface area (Å²) < 4.78 is 56.0. The molecule has 0 atom stereocenters. The van der Waals surface area contributed by atoms with E-state index in [9.17, 15) is 15.8 Å². The molecular weight excluding hydrogens is 1310 g/mol. The Bertz CT molecular complexity index is 4260. The van der Waals surface area contributed by atoms with Gasteiger partial charge in [-0.3, -0.25) is 29.2 Å². The van der Waals surface area contributed by atoms with Crippen LogP contribution in [0.5, 0.6) is 34.5 Å². The molecule has 3 heterocycles. The maximum Gasteiger partial charge on any atom is 0.244 e. The van der Waals surface area contributed by atoms with Gasteiger partial charge in [-0.05, 0) is 66.3 Å². The smallest absolute Gasteiger partial charge is 0.244 e. The van der Waals surface area contributed by atoms with Crippen molar-refractivity contribution in [3.63, 3.8) is 0 Å². The minimum absolute atomic E-state index is 0.143. The van der Waals surface area contributed by atoms with Crippen LogP contribution in [0.15, 0.2) is 110 Å². The molecule has 0 unspecified atom stereocenters. The normalized spacial score (nSPS) is 13.1. The first-order valence-electron chi connectivity index (χ1n) is 36.0. The molecule has 0 aliphatic heterocycles. The summed E-state index contributed by atoms with van der Waals surface area (Å²) in [5, 5.41) is 30.3. The van der Waals surface area contributed by atoms with Gasteiger partial charge < -0.3 is 41.9 Å². The Kier molecular flexibility index (Phi) is 22.6. The second-order valence-electron chi connectivity index (χ2n) is 33.9. The van der Waals surface area contributed by atoms with Crippen molar-refractivity contribution in [3.8, 4) is 52.4 Å². The minimum Gasteiger partial charge on any atom is -0.496 e. The van der Waals surface area contributed by atoms with E-state index in [1.54, 1.807) is 21.3 Å². The topological polar surface area (TPSA) is 153 Å². The Morgan fingerprint density at radius 1 is 0.343 bits per heavy atom. The predicted octanol–water partition coefficient (Wildman–Crippen LogP) is 11.5. The number of hydrogen-bond donors (Lipinski definition) is 0. The lowest BCUT2D eigenvalue weighted by atomic mass is 9.81. The van der Waals surface area contributed by atoms with Gasteiger partial charge in [-0.25, -0.2) is 13.7 Å². The Labute approximate surface area is 626 Å². The molecule has 0 N–H and O–H groups in total. The molecule has 9 aromatic rings. The number of aryl methyl sites for hydroxylation is 3. The van der Waals surface area contributed by atoms with E-state index in [2.05, 4.69) is 216 Å². The number of aromatic nitrogens is 6. The SMILES string of the molecule is COc1c2cc([N+](C)(C)C)cc1Cc1cc(C(C)(C)C)cc(c1OCc1n(C)cc[n+]1[B-]C#N)Cc1cc([N+](C)(C)C)cc(c1OC)Cc1cc(C(C)(C)C)cc(c1OCc1n(C)cc[n+]1[B-]C#N)Cc1cc([N+](C)(C)C)cc(c1OC)Cc1cc(C(C)(C)C)cc(c1OCc1n(C)cc[n+]1[B-]C#N)C2. The molecule has 10 rings (SSSR count). The Hall–Kier alpha value is -9.71. The quantitative estimate of drug-likeness (QED) is 0.0603. The summed E-state index contributed by atoms with van der Waals surface area (Å²) in [5.74, 6) is 13.5. The van der Waals surface area contributed by atoms with Crippen molar-refractivity contribution in [1.82, 2.24) is 27.2 Å². The van der Waals surface area contributed by atoms with Gasteiger partial charge in [-0.1, -0.05) is 98.7 Å². The molecule has 0 spiro atoms. The number of hydrogen-bond acceptors (Lipinski definition) is 9. The van der Waals surface area contributed by atoms with E-state index >= 15 is 0 Å². The van der Waals surface area contributed by atoms with Gasteiger partial charge in [-0.15, -0.1) is 0 Å². The van der Waals surface area contributed by atoms with Gasteiger partial charge in [0.05, 0.1) is 147 Å². The van der Waals surface area contributed by atoms with Gasteiger partial charge in [0.25, 0.3) is 0 Å². The third-order valence-electron chi connectivity index (χ3n) is 20.3. The summed E-state index contributed by atoms with van der Waals surface area (Å²) in [5.41, 5.74) is 17.4. The third kappa shape index (κ3) is 17.3. The molecular formula is C84H108B3N12O6+3. The van der Waals surface area contributed by atoms with Gasteiger partial charge in [0.1, 0.15) is 70.1 Å². The first-order chi connectivity index (χ1) is 49.3. The fraction of sp³-hybridized carbons (Fsp3) is 0.429. The number of quaternary nitrogens is 3. The fourth-order valence-electron chi connectivity index (χ4n) is 14.1. The van der Waals surface area contributed by atoms with Gasteiger partial charge in [0.2, 0.25) is 17.5 Å². The summed E-state index contributed by atoms with van der Waals surface area (Å²) in [6.45, 7) is 20.8. The standard InChI is InChI=1S/C84H108B3N12O6/c1-82(2,3)67-37-55-31-61-43-70(97(13,14)15)45-63(76(61)100-22)33-57-39-68(83(4,5)6)41-59(80(57)104-50-74-92(11)26-29-95(74)86-53-89)35-65-47-72(99(19,20)21)48-66(78(65)102-24)36-60-42-69(84(7,8)9)40-58(81(60)105-51-75-93(12)27-30-96(75)87-54-90)34-64-46-71(98(16,17)18)44-62(77(64)101-23)32-56(38-67)79(55)103-49-73-91(10)25-28-94(73)85-52-88/h25-30,37-48H,31-36,49-51H2,1-24H3/q+3. The fourth-order valence-corrected chi connectivity index (χ4v) is 14.1. The van der Waals surface area contributed by atoms with E-state index in [-0.39, 0.29) is 36.1 Å². The van der Waals surface area contributed by atoms with E-state index < -0.39 is 0 Å². The van der Waals surface area contributed by atoms with E-state index in [1.807, 2.05) is 85.5 Å². The van der Waals surface area contributed by atoms with E-state index in [0.717, 1.165) is 152 Å². The zero-order chi connectivity index (χ0) is 76.6. The molecule has 18 nitrogen and oxygen atoms in total. The van der Waals surface area contributed by atoms with Crippen molar-refractivity contribution < 1.29 is 41.9 Å². The summed E-state index contributed by atoms with van der Waals surface area (Å²) >= 11 is 0. The third-order valence-corrected chi connectivity index (χ3v) is 20.3. The van der Waals surface area contributed by atoms with Crippen molar-refractivity contribution in [2.24, 2.45) is 21.1 Å². The highest BCUT2D eigenvalue weighted by molar-refractivity contribution is 6.35. The van der Waals surface area contributed by atoms with Crippen LogP contribution in [0.4, 0.5) is 17.1 Å². The number of methoxy groups -OCH3 is 3. The molecule has 0 saturated carbocycles. The number of benzene rings is 6. The van der Waals surface area contributed by atoms with E-state index in [0.29, 0.717) is 52.0 Å². The van der Waals surface area contributed by atoms with Crippen LogP contribution in [-0.4, -0.2) is 121 Å². The molecule has 6 radical (unpaired) electrons. The Morgan fingerprint density at radius 3 is 0.695 bits per heavy atom. The van der Waals surface area contributed by atoms with Crippen molar-refractivity contribution in [2.45, 2.75) is 137 Å². The lowest BCUT2D eigenvalue weighted by Gasteiger charge is -2.29. The lowest BCUT2D eigenvalue weighted by Crippen LogP contribution is -2.42. The summed E-state index contributed by atoms with van der Waals surface area (Å²) in [7, 11) is 35.6. The number of rotatable bonds is 18. The van der Waals surface area contributed by atoms with Gasteiger partial charge in [-0.2, -0.15) is 17.9 Å². The van der Waals surface area contributed by atoms with E-state index in [1.165, 1.54) is 22.2 Å². The maximum atomic E-state index is 10.1. The molecule has 0 amide bonds. The van der Waals surface area contributed by atoms with Crippen LogP contribution < -0.4 is 55.3 Å². The Balaban J connectivity index is 1.37. The van der Waals surface area contributed by atoms with Crippen molar-refractivity contribution >= 4 is 39.3 Å². The largest absolute Gasteiger partial charge is 0.496 e. The average Bonchev–Trinajstić information content (AvgIpc) is 1.49. The van der Waals surface area contributed by atoms with Crippen LogP contribution in [0.3, 0.4) is 0 Å². The summed E-state index contributed by atoms with van der Waals surface area (Å²) in [4.78, 5) is 0. The van der Waals surface area contributed by atoms with Gasteiger partial charge in [0, 0.05) is 108 Å². The molecule has 0 saturated heterocycles. The summed E-state index contributed by atoms with van der Waals surface area (Å²) in [6, 6.07) is 27.7. The highest BCUT2D eigenvalue weighted by Crippen LogP contribution is 2.47. The molecule has 3 aromatic heterocycles. The highest BCUT2D eigenvalue weighted by atomic mass is 16.5. The molecule has 0 fully saturated rings. The zero-order valence-corrected chi connectivity index (χ0v) is 66.8. The highest BCUT2D eigenvalue weighted by Gasteiger charge is 2.33. The van der Waals surface area contributed by atoms with E-state index in [4.69, 9.17) is 28.4 Å². The molecule has 1 aliphatic carbocycles. The minimum atomic E-state index is -0.320. The van der Waals surface area contributed by atoms with Crippen molar-refractivity contribution in [2.75, 3.05) is 84.8 Å². The van der Waals surface area contributed by atoms with Crippen LogP contribution in [0.25, 0.3) is 0 Å². The molecule has 1 aliphatic rings. The second kappa shape index (κ2) is 30.4. The van der Waals surface area contributed by atoms with Gasteiger partial charge >= 0.3 is 0 Å². The summed E-state index contributed by atoms with van der Waals surface area (Å²) in [6.07, 6.45) is 14.0. The molecule has 21 heteroatoms. The van der Waals surface area contributed by atoms with Crippen LogP contribution in [0.2, 0.25) is 0 Å². The molecule has 12 bridgehead atoms. The van der Waals surface area contributed by atoms with Gasteiger partial charge in [0.15, 0.2) is 19.8 Å². The Morgan fingerprint density at radius 2 is 0.533 bits per heavy atom. The van der Waals surface area contributed by atoms with Crippen molar-refractivity contribution in [1.29, 1.82) is 15.8 Å². The number of imidazole rings is 3. The second-order valence-corrected chi connectivity index (χ2v) is 33.9. The molecule has 546 valence electrons. The predicted molar refractivity (Wildman–Crippen MR) is 420 cm³/mol. The average molecular weight is 1410 g/mol. The number of nitrogens with zero attached hydrogens (tertiary/aromatic N) is 12. The first-order valence-corrected chi connectivity index (χ1v) is 36.0. The monoisotopic (exact) mass is 1410 g/mol. The first kappa shape index (κ1) is 77.9. The number of ether oxygens (including phenoxy) is 6. The van der Waals surface area contributed by atoms with Crippen molar-refractivity contribution in [3.05, 3.63) is 211 Å². The molecule has 6 aromatic carbocycles. The number of nitriles is 3. The van der Waals surface area contributed by atoms with Crippen LogP contribution in [0.1, 0.15) is 163 Å². The maximum absolute atomic E-state index is 10.1. The van der Waals surface area contributed by atoms with Crippen LogP contribution >= 0.6 is 0 Å². The number of fused-ring (bicyclic) bond motifs is 12. The zero-order valence-electron chi connectivity index (χ0n) is 66.8. The van der Waals surface area contributed by atoms with Crippen LogP contribution in [0, 0.1) is 33.7 Å². The lowest BCUT2D eigenvalue weighted by molar-refractivity contribution is -0.539. The molecule has 105 heavy (non-hydrogen) atoms.